The standard InChI is InChI=1S/C40H57N5O2/c1-32(2)45(37-21-27-44(28-22-37)30-33-29-42-23-19-38(33)47-3)25-14-6-4-5-13-24-43-26-20-36(31-43)40(39(41)46,34-15-9-7-10-16-34)35-17-11-8-12-18-35/h7-12,15-19,23,29,32,36-37H,4-6,13-14,20-22,24-28,30-31H2,1-3H3,(H2,41,46)/t36-/m0/s1. The van der Waals surface area contributed by atoms with Crippen molar-refractivity contribution >= 4 is 5.91 Å². The Balaban J connectivity index is 1.03. The topological polar surface area (TPSA) is 74.9 Å². The zero-order chi connectivity index (χ0) is 33.1. The first-order chi connectivity index (χ1) is 22.9. The summed E-state index contributed by atoms with van der Waals surface area (Å²) in [7, 11) is 1.74. The molecule has 2 aliphatic heterocycles. The van der Waals surface area contributed by atoms with E-state index in [1.54, 1.807) is 13.3 Å². The first-order valence-electron chi connectivity index (χ1n) is 18.0. The number of ether oxygens (including phenoxy) is 1. The summed E-state index contributed by atoms with van der Waals surface area (Å²) in [4.78, 5) is 25.5. The Bertz CT molecular complexity index is 1320. The number of aromatic nitrogens is 1. The van der Waals surface area contributed by atoms with E-state index in [9.17, 15) is 4.79 Å². The van der Waals surface area contributed by atoms with E-state index in [0.717, 1.165) is 62.6 Å². The highest BCUT2D eigenvalue weighted by Gasteiger charge is 2.49. The molecule has 0 saturated carbocycles. The number of carbonyl (C=O) groups is 1. The Labute approximate surface area is 283 Å². The van der Waals surface area contributed by atoms with Gasteiger partial charge in [0, 0.05) is 43.1 Å². The Morgan fingerprint density at radius 2 is 1.51 bits per heavy atom. The summed E-state index contributed by atoms with van der Waals surface area (Å²) in [5, 5.41) is 0. The monoisotopic (exact) mass is 639 g/mol. The molecule has 7 heteroatoms. The number of carbonyl (C=O) groups excluding carboxylic acids is 1. The Morgan fingerprint density at radius 3 is 2.13 bits per heavy atom. The summed E-state index contributed by atoms with van der Waals surface area (Å²) < 4.78 is 5.54. The van der Waals surface area contributed by atoms with Gasteiger partial charge in [0.2, 0.25) is 5.91 Å². The lowest BCUT2D eigenvalue weighted by Gasteiger charge is -2.40. The third-order valence-electron chi connectivity index (χ3n) is 10.8. The molecule has 1 aromatic heterocycles. The maximum Gasteiger partial charge on any atom is 0.232 e. The molecule has 0 radical (unpaired) electrons. The molecule has 2 N–H and O–H groups in total. The number of nitrogens with zero attached hydrogens (tertiary/aromatic N) is 4. The van der Waals surface area contributed by atoms with Gasteiger partial charge in [0.15, 0.2) is 0 Å². The number of nitrogens with two attached hydrogens (primary N) is 1. The number of amides is 1. The maximum atomic E-state index is 13.4. The fraction of sp³-hybridized carbons (Fsp3) is 0.550. The molecule has 0 unspecified atom stereocenters. The van der Waals surface area contributed by atoms with Crippen molar-refractivity contribution in [2.75, 3.05) is 46.4 Å². The number of pyridine rings is 1. The lowest BCUT2D eigenvalue weighted by Crippen LogP contribution is -2.49. The van der Waals surface area contributed by atoms with Crippen LogP contribution in [0, 0.1) is 5.92 Å². The number of rotatable bonds is 17. The van der Waals surface area contributed by atoms with Crippen molar-refractivity contribution in [3.63, 3.8) is 0 Å². The van der Waals surface area contributed by atoms with Crippen LogP contribution < -0.4 is 10.5 Å². The first kappa shape index (κ1) is 35.1. The lowest BCUT2D eigenvalue weighted by atomic mass is 9.64. The van der Waals surface area contributed by atoms with E-state index in [1.807, 2.05) is 48.7 Å². The van der Waals surface area contributed by atoms with Gasteiger partial charge in [-0.25, -0.2) is 0 Å². The number of hydrogen-bond acceptors (Lipinski definition) is 6. The highest BCUT2D eigenvalue weighted by molar-refractivity contribution is 5.91. The first-order valence-corrected chi connectivity index (χ1v) is 18.0. The van der Waals surface area contributed by atoms with Crippen molar-refractivity contribution < 1.29 is 9.53 Å². The molecule has 3 aromatic rings. The fourth-order valence-electron chi connectivity index (χ4n) is 8.32. The Morgan fingerprint density at radius 1 is 0.894 bits per heavy atom. The van der Waals surface area contributed by atoms with Gasteiger partial charge in [-0.1, -0.05) is 79.9 Å². The van der Waals surface area contributed by atoms with Gasteiger partial charge in [0.05, 0.1) is 7.11 Å². The van der Waals surface area contributed by atoms with E-state index in [0.29, 0.717) is 12.1 Å². The van der Waals surface area contributed by atoms with Crippen LogP contribution in [-0.4, -0.2) is 84.1 Å². The number of hydrogen-bond donors (Lipinski definition) is 1. The number of likely N-dealkylation sites (tertiary alicyclic amines) is 2. The minimum Gasteiger partial charge on any atom is -0.496 e. The molecule has 0 spiro atoms. The molecule has 2 saturated heterocycles. The molecule has 1 amide bonds. The molecule has 0 bridgehead atoms. The average Bonchev–Trinajstić information content (AvgIpc) is 3.56. The van der Waals surface area contributed by atoms with E-state index in [4.69, 9.17) is 10.5 Å². The third-order valence-corrected chi connectivity index (χ3v) is 10.8. The van der Waals surface area contributed by atoms with Gasteiger partial charge in [-0.2, -0.15) is 0 Å². The summed E-state index contributed by atoms with van der Waals surface area (Å²) in [6.07, 6.45) is 13.5. The minimum atomic E-state index is -0.802. The van der Waals surface area contributed by atoms with Crippen LogP contribution in [-0.2, 0) is 16.8 Å². The van der Waals surface area contributed by atoms with Crippen LogP contribution in [0.15, 0.2) is 79.1 Å². The zero-order valence-corrected chi connectivity index (χ0v) is 29.0. The number of piperidine rings is 1. The van der Waals surface area contributed by atoms with Crippen LogP contribution in [0.5, 0.6) is 5.75 Å². The summed E-state index contributed by atoms with van der Waals surface area (Å²) in [5.41, 5.74) is 8.69. The van der Waals surface area contributed by atoms with Gasteiger partial charge in [-0.15, -0.1) is 0 Å². The van der Waals surface area contributed by atoms with Gasteiger partial charge >= 0.3 is 0 Å². The highest BCUT2D eigenvalue weighted by Crippen LogP contribution is 2.43. The van der Waals surface area contributed by atoms with Gasteiger partial charge < -0.3 is 15.4 Å². The highest BCUT2D eigenvalue weighted by atomic mass is 16.5. The molecular weight excluding hydrogens is 582 g/mol. The van der Waals surface area contributed by atoms with Crippen molar-refractivity contribution in [3.05, 3.63) is 95.8 Å². The van der Waals surface area contributed by atoms with Gasteiger partial charge in [0.1, 0.15) is 11.2 Å². The van der Waals surface area contributed by atoms with Crippen LogP contribution >= 0.6 is 0 Å². The van der Waals surface area contributed by atoms with E-state index in [1.165, 1.54) is 57.1 Å². The number of methoxy groups -OCH3 is 1. The molecule has 3 heterocycles. The van der Waals surface area contributed by atoms with Gasteiger partial charge in [0.25, 0.3) is 0 Å². The SMILES string of the molecule is COc1ccncc1CN1CCC(N(CCCCCCCN2CC[C@H](C(C(N)=O)(c3ccccc3)c3ccccc3)C2)C(C)C)CC1. The predicted molar refractivity (Wildman–Crippen MR) is 191 cm³/mol. The molecule has 0 aliphatic carbocycles. The van der Waals surface area contributed by atoms with E-state index < -0.39 is 5.41 Å². The molecule has 2 aromatic carbocycles. The summed E-state index contributed by atoms with van der Waals surface area (Å²) >= 11 is 0. The van der Waals surface area contributed by atoms with Crippen LogP contribution in [0.2, 0.25) is 0 Å². The second kappa shape index (κ2) is 17.2. The summed E-state index contributed by atoms with van der Waals surface area (Å²) in [6.45, 7) is 12.1. The molecule has 2 fully saturated rings. The van der Waals surface area contributed by atoms with Crippen molar-refractivity contribution in [2.24, 2.45) is 11.7 Å². The van der Waals surface area contributed by atoms with E-state index >= 15 is 0 Å². The smallest absolute Gasteiger partial charge is 0.232 e. The van der Waals surface area contributed by atoms with Crippen molar-refractivity contribution in [2.45, 2.75) is 89.3 Å². The Hall–Kier alpha value is -3.26. The normalized spacial score (nSPS) is 18.3. The van der Waals surface area contributed by atoms with Crippen LogP contribution in [0.4, 0.5) is 0 Å². The van der Waals surface area contributed by atoms with Crippen LogP contribution in [0.25, 0.3) is 0 Å². The molecular formula is C40H57N5O2. The number of unbranched alkanes of at least 4 members (excludes halogenated alkanes) is 4. The van der Waals surface area contributed by atoms with Crippen molar-refractivity contribution in [3.8, 4) is 5.75 Å². The number of primary amides is 1. The van der Waals surface area contributed by atoms with Gasteiger partial charge in [-0.05, 0) is 102 Å². The third kappa shape index (κ3) is 8.62. The van der Waals surface area contributed by atoms with E-state index in [-0.39, 0.29) is 11.8 Å². The van der Waals surface area contributed by atoms with Crippen molar-refractivity contribution in [1.82, 2.24) is 19.7 Å². The second-order valence-corrected chi connectivity index (χ2v) is 14.0. The van der Waals surface area contributed by atoms with Crippen LogP contribution in [0.1, 0.15) is 81.9 Å². The average molecular weight is 640 g/mol. The summed E-state index contributed by atoms with van der Waals surface area (Å²) in [6, 6.07) is 23.6. The molecule has 254 valence electrons. The molecule has 47 heavy (non-hydrogen) atoms. The molecule has 5 rings (SSSR count). The quantitative estimate of drug-likeness (QED) is 0.170. The second-order valence-electron chi connectivity index (χ2n) is 14.0. The lowest BCUT2D eigenvalue weighted by molar-refractivity contribution is -0.123. The van der Waals surface area contributed by atoms with Crippen LogP contribution in [0.3, 0.4) is 0 Å². The molecule has 1 atom stereocenters. The van der Waals surface area contributed by atoms with Crippen molar-refractivity contribution in [1.29, 1.82) is 0 Å². The minimum absolute atomic E-state index is 0.164. The number of benzene rings is 2. The predicted octanol–water partition coefficient (Wildman–Crippen LogP) is 6.51. The zero-order valence-electron chi connectivity index (χ0n) is 29.0. The fourth-order valence-corrected chi connectivity index (χ4v) is 8.32. The molecule has 7 nitrogen and oxygen atoms in total. The molecule has 2 aliphatic rings. The van der Waals surface area contributed by atoms with Gasteiger partial charge in [-0.3, -0.25) is 19.6 Å². The van der Waals surface area contributed by atoms with E-state index in [2.05, 4.69) is 57.8 Å². The Kier molecular flexibility index (Phi) is 12.9. The maximum absolute atomic E-state index is 13.4. The summed E-state index contributed by atoms with van der Waals surface area (Å²) in [5.74, 6) is 0.858. The largest absolute Gasteiger partial charge is 0.496 e.